The minimum Gasteiger partial charge on any atom is -0.200 e. The van der Waals surface area contributed by atoms with E-state index in [0.717, 1.165) is 0 Å². The second-order valence-corrected chi connectivity index (χ2v) is 13.6. The fraction of sp³-hybridized carbons (Fsp3) is 1.00. The smallest absolute Gasteiger partial charge is 0.200 e. The Bertz CT molecular complexity index is 1780. The van der Waals surface area contributed by atoms with Crippen LogP contribution in [0, 0.1) is 5.92 Å². The summed E-state index contributed by atoms with van der Waals surface area (Å²) >= 11 is 0. The molecule has 0 rings (SSSR count). The Labute approximate surface area is 336 Å². The van der Waals surface area contributed by atoms with Gasteiger partial charge in [-0.25, -0.2) is 0 Å². The number of rotatable bonds is 21. The lowest BCUT2D eigenvalue weighted by molar-refractivity contribution is -0.495. The average Bonchev–Trinajstić information content (AvgIpc) is 3.09. The van der Waals surface area contributed by atoms with Gasteiger partial charge in [0.25, 0.3) is 0 Å². The highest BCUT2D eigenvalue weighted by Crippen LogP contribution is 2.71. The van der Waals surface area contributed by atoms with Gasteiger partial charge in [-0.05, 0) is 0 Å². The van der Waals surface area contributed by atoms with Crippen LogP contribution in [0.25, 0.3) is 0 Å². The van der Waals surface area contributed by atoms with Gasteiger partial charge >= 0.3 is 124 Å². The molecule has 0 aromatic heterocycles. The summed E-state index contributed by atoms with van der Waals surface area (Å²) in [6.07, 6.45) is 0. The summed E-state index contributed by atoms with van der Waals surface area (Å²) in [6, 6.07) is 0. The molecule has 0 atom stereocenters. The summed E-state index contributed by atoms with van der Waals surface area (Å²) in [5.41, 5.74) is 0. The maximum Gasteiger partial charge on any atom is 0.385 e. The van der Waals surface area contributed by atoms with Crippen molar-refractivity contribution in [3.63, 3.8) is 0 Å². The summed E-state index contributed by atoms with van der Waals surface area (Å²) in [5, 5.41) is 0. The summed E-state index contributed by atoms with van der Waals surface area (Å²) in [7, 11) is 0. The van der Waals surface area contributed by atoms with Crippen molar-refractivity contribution in [2.45, 2.75) is 145 Å². The molecule has 0 aromatic carbocycles. The van der Waals surface area contributed by atoms with Crippen LogP contribution in [0.4, 0.5) is 184 Å². The van der Waals surface area contributed by atoms with E-state index in [0.29, 0.717) is 0 Å². The molecule has 0 nitrogen and oxygen atoms in total. The first-order valence-corrected chi connectivity index (χ1v) is 14.9. The molecule has 0 aliphatic carbocycles. The lowest BCUT2D eigenvalue weighted by Crippen LogP contribution is -2.81. The molecule has 0 saturated heterocycles. The van der Waals surface area contributed by atoms with Crippen LogP contribution in [-0.4, -0.2) is 124 Å². The molecule has 0 aliphatic heterocycles. The zero-order chi connectivity index (χ0) is 56.1. The Balaban J connectivity index is 8.06. The van der Waals surface area contributed by atoms with Gasteiger partial charge in [-0.1, -0.05) is 13.8 Å². The Kier molecular flexibility index (Phi) is 14.6. The Morgan fingerprint density at radius 2 is 0.254 bits per heavy atom. The van der Waals surface area contributed by atoms with Crippen LogP contribution in [0.5, 0.6) is 0 Å². The molecule has 0 amide bonds. The molecule has 0 aromatic rings. The Hall–Kier alpha value is -2.94. The van der Waals surface area contributed by atoms with Crippen molar-refractivity contribution in [2.24, 2.45) is 5.92 Å². The molecule has 0 spiro atoms. The van der Waals surface area contributed by atoms with Gasteiger partial charge in [0.05, 0.1) is 0 Å². The lowest BCUT2D eigenvalue weighted by Gasteiger charge is -2.47. The number of halogens is 42. The minimum absolute atomic E-state index is 0.485. The number of hydrogen-bond acceptors (Lipinski definition) is 0. The minimum atomic E-state index is -10.6. The SMILES string of the molecule is CC(C)C(F)(F)C(F)(F)C(F)(F)C(F)(F)C(F)(F)C(F)(F)C(F)(F)C(F)(F)C(F)(F)C(F)(F)C(F)(F)C(F)(F)C(F)(F)C(F)(F)C(F)(F)C(F)(F)C(F)(F)C(F)(F)C(F)(F)C(F)(F)C(C)(F)F. The Morgan fingerprint density at radius 3 is 0.343 bits per heavy atom. The van der Waals surface area contributed by atoms with Crippen molar-refractivity contribution < 1.29 is 184 Å². The van der Waals surface area contributed by atoms with Crippen LogP contribution < -0.4 is 0 Å². The third kappa shape index (κ3) is 7.02. The van der Waals surface area contributed by atoms with Crippen molar-refractivity contribution in [1.82, 2.24) is 0 Å². The Morgan fingerprint density at radius 1 is 0.164 bits per heavy atom. The molecule has 0 radical (unpaired) electrons. The third-order valence-corrected chi connectivity index (χ3v) is 8.79. The van der Waals surface area contributed by atoms with E-state index in [-0.39, 0.29) is 0 Å². The van der Waals surface area contributed by atoms with Crippen LogP contribution >= 0.6 is 0 Å². The lowest BCUT2D eigenvalue weighted by atomic mass is 9.81. The molecule has 67 heavy (non-hydrogen) atoms. The summed E-state index contributed by atoms with van der Waals surface area (Å²) in [4.78, 5) is 0. The second-order valence-electron chi connectivity index (χ2n) is 13.6. The molecule has 0 heterocycles. The number of alkyl halides is 42. The van der Waals surface area contributed by atoms with Gasteiger partial charge < -0.3 is 0 Å². The zero-order valence-corrected chi connectivity index (χ0v) is 30.0. The predicted octanol–water partition coefficient (Wildman–Crippen LogP) is 15.0. The molecule has 0 saturated carbocycles. The summed E-state index contributed by atoms with van der Waals surface area (Å²) < 4.78 is 580. The van der Waals surface area contributed by atoms with E-state index in [4.69, 9.17) is 0 Å². The van der Waals surface area contributed by atoms with Crippen LogP contribution in [0.2, 0.25) is 0 Å². The fourth-order valence-corrected chi connectivity index (χ4v) is 4.20. The van der Waals surface area contributed by atoms with Crippen LogP contribution in [0.15, 0.2) is 0 Å². The molecule has 0 N–H and O–H groups in total. The van der Waals surface area contributed by atoms with Crippen molar-refractivity contribution >= 4 is 0 Å². The zero-order valence-electron chi connectivity index (χ0n) is 30.0. The van der Waals surface area contributed by atoms with Gasteiger partial charge in [0, 0.05) is 12.8 Å². The largest absolute Gasteiger partial charge is 0.385 e. The van der Waals surface area contributed by atoms with Crippen molar-refractivity contribution in [2.75, 3.05) is 0 Å². The normalized spacial score (nSPS) is 17.5. The van der Waals surface area contributed by atoms with Gasteiger partial charge in [0.2, 0.25) is 0 Å². The molecular weight excluding hydrogens is 1100 g/mol. The first-order valence-electron chi connectivity index (χ1n) is 14.9. The van der Waals surface area contributed by atoms with Gasteiger partial charge in [0.1, 0.15) is 0 Å². The third-order valence-electron chi connectivity index (χ3n) is 8.79. The van der Waals surface area contributed by atoms with Gasteiger partial charge in [-0.2, -0.15) is 184 Å². The molecule has 0 fully saturated rings. The van der Waals surface area contributed by atoms with Crippen LogP contribution in [0.1, 0.15) is 20.8 Å². The van der Waals surface area contributed by atoms with E-state index in [9.17, 15) is 184 Å². The quantitative estimate of drug-likeness (QED) is 0.101. The molecule has 0 aliphatic rings. The van der Waals surface area contributed by atoms with Crippen molar-refractivity contribution in [3.05, 3.63) is 0 Å². The highest BCUT2D eigenvalue weighted by molar-refractivity contribution is 5.24. The van der Waals surface area contributed by atoms with E-state index < -0.39 is 151 Å². The standard InChI is InChI=1S/C25H10F42/c1-4(2)6(28,29)8(32,33)10(36,37)12(40,41)14(44,45)16(48,49)18(52,53)20(56,57)22(60,61)24(64,65)25(66,67)23(62,63)21(58,59)19(54,55)17(50,51)15(46,47)13(42,43)11(38,39)9(34,35)7(30,31)5(3,26)27/h4H,1-3H3. The number of hydrogen-bond donors (Lipinski definition) is 0. The summed E-state index contributed by atoms with van der Waals surface area (Å²) in [5.74, 6) is -208. The highest BCUT2D eigenvalue weighted by atomic mass is 19.4. The van der Waals surface area contributed by atoms with Gasteiger partial charge in [-0.15, -0.1) is 0 Å². The van der Waals surface area contributed by atoms with Gasteiger partial charge in [-0.3, -0.25) is 0 Å². The van der Waals surface area contributed by atoms with Gasteiger partial charge in [0.15, 0.2) is 0 Å². The monoisotopic (exact) mass is 1110 g/mol. The first-order chi connectivity index (χ1) is 27.9. The van der Waals surface area contributed by atoms with Crippen molar-refractivity contribution in [3.8, 4) is 0 Å². The molecule has 0 unspecified atom stereocenters. The average molecular weight is 1110 g/mol. The molecule has 42 heteroatoms. The van der Waals surface area contributed by atoms with E-state index in [1.165, 1.54) is 0 Å². The fourth-order valence-electron chi connectivity index (χ4n) is 4.20. The van der Waals surface area contributed by atoms with Crippen LogP contribution in [-0.2, 0) is 0 Å². The van der Waals surface area contributed by atoms with E-state index in [1.54, 1.807) is 0 Å². The first kappa shape index (κ1) is 64.1. The maximum atomic E-state index is 14.1. The molecular formula is C25H10F42. The predicted molar refractivity (Wildman–Crippen MR) is 124 cm³/mol. The van der Waals surface area contributed by atoms with E-state index in [2.05, 4.69) is 0 Å². The molecule has 0 bridgehead atoms. The molecule has 404 valence electrons. The van der Waals surface area contributed by atoms with Crippen LogP contribution in [0.3, 0.4) is 0 Å². The maximum absolute atomic E-state index is 14.1. The van der Waals surface area contributed by atoms with E-state index in [1.807, 2.05) is 0 Å². The second kappa shape index (κ2) is 15.3. The van der Waals surface area contributed by atoms with Crippen molar-refractivity contribution in [1.29, 1.82) is 0 Å². The summed E-state index contributed by atoms with van der Waals surface area (Å²) in [6.45, 7) is -2.75. The topological polar surface area (TPSA) is 0 Å². The van der Waals surface area contributed by atoms with E-state index >= 15 is 0 Å². The highest BCUT2D eigenvalue weighted by Gasteiger charge is 3.03.